The second-order valence-electron chi connectivity index (χ2n) is 6.02. The molecule has 2 rings (SSSR count). The van der Waals surface area contributed by atoms with Crippen LogP contribution in [0.3, 0.4) is 0 Å². The first-order chi connectivity index (χ1) is 10.2. The molecule has 0 aromatic carbocycles. The molecule has 0 radical (unpaired) electrons. The van der Waals surface area contributed by atoms with Gasteiger partial charge < -0.3 is 25.8 Å². The number of nitrogens with one attached hydrogen (secondary N) is 1. The van der Waals surface area contributed by atoms with Gasteiger partial charge in [-0.25, -0.2) is 9.97 Å². The number of aromatic nitrogens is 4. The van der Waals surface area contributed by atoms with Crippen molar-refractivity contribution in [2.24, 2.45) is 18.5 Å². The minimum Gasteiger partial charge on any atom is -0.367 e. The van der Waals surface area contributed by atoms with E-state index in [4.69, 9.17) is 16.2 Å². The Morgan fingerprint density at radius 2 is 1.64 bits per heavy atom. The van der Waals surface area contributed by atoms with Crippen molar-refractivity contribution in [2.45, 2.75) is 38.9 Å². The van der Waals surface area contributed by atoms with Gasteiger partial charge in [-0.15, -0.1) is 0 Å². The van der Waals surface area contributed by atoms with Crippen LogP contribution in [0, 0.1) is 0 Å². The second-order valence-corrected chi connectivity index (χ2v) is 6.02. The van der Waals surface area contributed by atoms with E-state index in [1.807, 2.05) is 45.5 Å². The molecule has 0 aliphatic rings. The van der Waals surface area contributed by atoms with Gasteiger partial charge in [-0.05, 0) is 27.7 Å². The summed E-state index contributed by atoms with van der Waals surface area (Å²) in [6.07, 6.45) is 10.5. The largest absolute Gasteiger partial charge is 0.367 e. The number of H-pyrrole nitrogens is 1. The fourth-order valence-electron chi connectivity index (χ4n) is 1.37. The summed E-state index contributed by atoms with van der Waals surface area (Å²) in [5.74, 6) is 0. The molecule has 0 saturated heterocycles. The van der Waals surface area contributed by atoms with Crippen molar-refractivity contribution in [3.05, 3.63) is 37.4 Å². The van der Waals surface area contributed by atoms with E-state index >= 15 is 0 Å². The molecule has 7 heteroatoms. The molecule has 0 atom stereocenters. The van der Waals surface area contributed by atoms with Crippen molar-refractivity contribution in [1.29, 1.82) is 0 Å². The Morgan fingerprint density at radius 1 is 1.05 bits per heavy atom. The summed E-state index contributed by atoms with van der Waals surface area (Å²) in [5.41, 5.74) is 10.5. The lowest BCUT2D eigenvalue weighted by Crippen LogP contribution is -2.45. The molecule has 0 saturated carbocycles. The quantitative estimate of drug-likeness (QED) is 0.789. The van der Waals surface area contributed by atoms with Crippen LogP contribution < -0.4 is 11.5 Å². The third-order valence-corrected chi connectivity index (χ3v) is 2.58. The molecule has 126 valence electrons. The summed E-state index contributed by atoms with van der Waals surface area (Å²) in [5, 5.41) is 0. The zero-order valence-electron chi connectivity index (χ0n) is 14.3. The Labute approximate surface area is 133 Å². The molecule has 0 fully saturated rings. The number of aryl methyl sites for hydroxylation is 1. The first kappa shape index (κ1) is 20.3. The van der Waals surface area contributed by atoms with Crippen molar-refractivity contribution in [2.75, 3.05) is 13.1 Å². The van der Waals surface area contributed by atoms with Gasteiger partial charge in [-0.1, -0.05) is 0 Å². The average molecular weight is 310 g/mol. The number of nitrogens with zero attached hydrogens (tertiary/aromatic N) is 3. The highest BCUT2D eigenvalue weighted by Crippen LogP contribution is 2.17. The van der Waals surface area contributed by atoms with Gasteiger partial charge in [0.15, 0.2) is 0 Å². The minimum absolute atomic E-state index is 0.275. The van der Waals surface area contributed by atoms with E-state index < -0.39 is 0 Å². The van der Waals surface area contributed by atoms with Crippen molar-refractivity contribution in [3.63, 3.8) is 0 Å². The number of ether oxygens (including phenoxy) is 1. The molecule has 2 aromatic heterocycles. The zero-order valence-corrected chi connectivity index (χ0v) is 14.3. The van der Waals surface area contributed by atoms with Crippen LogP contribution >= 0.6 is 0 Å². The number of imidazole rings is 2. The highest BCUT2D eigenvalue weighted by atomic mass is 16.5. The zero-order chi connectivity index (χ0) is 17.1. The predicted octanol–water partition coefficient (Wildman–Crippen LogP) is 1.31. The van der Waals surface area contributed by atoms with Crippen LogP contribution in [-0.4, -0.2) is 43.8 Å². The van der Waals surface area contributed by atoms with Crippen LogP contribution in [0.25, 0.3) is 0 Å². The molecule has 5 N–H and O–H groups in total. The van der Waals surface area contributed by atoms with Crippen LogP contribution in [0.1, 0.15) is 27.7 Å². The maximum absolute atomic E-state index is 5.67. The third-order valence-electron chi connectivity index (χ3n) is 2.58. The molecule has 0 aliphatic carbocycles. The second kappa shape index (κ2) is 10.1. The van der Waals surface area contributed by atoms with E-state index in [2.05, 4.69) is 15.0 Å². The van der Waals surface area contributed by atoms with E-state index in [1.54, 1.807) is 31.2 Å². The van der Waals surface area contributed by atoms with Gasteiger partial charge in [0.2, 0.25) is 0 Å². The number of aromatic amines is 1. The Bertz CT molecular complexity index is 419. The fourth-order valence-corrected chi connectivity index (χ4v) is 1.37. The van der Waals surface area contributed by atoms with E-state index in [-0.39, 0.29) is 11.2 Å². The van der Waals surface area contributed by atoms with E-state index in [1.165, 1.54) is 0 Å². The molecular weight excluding hydrogens is 280 g/mol. The normalized spacial score (nSPS) is 11.0. The van der Waals surface area contributed by atoms with E-state index in [0.717, 1.165) is 0 Å². The van der Waals surface area contributed by atoms with Crippen molar-refractivity contribution in [3.8, 4) is 0 Å². The lowest BCUT2D eigenvalue weighted by atomic mass is 10.1. The van der Waals surface area contributed by atoms with Gasteiger partial charge in [0, 0.05) is 44.9 Å². The minimum atomic E-state index is -0.275. The molecule has 7 nitrogen and oxygen atoms in total. The predicted molar refractivity (Wildman–Crippen MR) is 89.1 cm³/mol. The Kier molecular flexibility index (Phi) is 9.32. The van der Waals surface area contributed by atoms with E-state index in [9.17, 15) is 0 Å². The summed E-state index contributed by atoms with van der Waals surface area (Å²) in [7, 11) is 1.94. The highest BCUT2D eigenvalue weighted by molar-refractivity contribution is 4.78. The molecule has 0 unspecified atom stereocenters. The Morgan fingerprint density at radius 3 is 1.82 bits per heavy atom. The lowest BCUT2D eigenvalue weighted by Gasteiger charge is -2.34. The summed E-state index contributed by atoms with van der Waals surface area (Å²) >= 11 is 0. The van der Waals surface area contributed by atoms with Gasteiger partial charge in [-0.2, -0.15) is 0 Å². The van der Waals surface area contributed by atoms with Crippen LogP contribution in [0.15, 0.2) is 37.4 Å². The molecule has 22 heavy (non-hydrogen) atoms. The smallest absolute Gasteiger partial charge is 0.0943 e. The van der Waals surface area contributed by atoms with Crippen LogP contribution in [0.5, 0.6) is 0 Å². The number of hydrogen-bond donors (Lipinski definition) is 3. The van der Waals surface area contributed by atoms with Gasteiger partial charge in [0.25, 0.3) is 0 Å². The van der Waals surface area contributed by atoms with Crippen molar-refractivity contribution >= 4 is 0 Å². The van der Waals surface area contributed by atoms with Crippen molar-refractivity contribution < 1.29 is 4.74 Å². The van der Waals surface area contributed by atoms with Crippen LogP contribution in [0.4, 0.5) is 0 Å². The number of nitrogens with two attached hydrogens (primary N) is 2. The molecule has 2 heterocycles. The SMILES string of the molecule is CC(C)(CN)OC(C)(C)CN.Cn1ccnc1.c1c[nH]cn1. The topological polar surface area (TPSA) is 108 Å². The van der Waals surface area contributed by atoms with E-state index in [0.29, 0.717) is 13.1 Å². The molecule has 0 aliphatic heterocycles. The maximum atomic E-state index is 5.67. The fraction of sp³-hybridized carbons (Fsp3) is 0.600. The molecule has 2 aromatic rings. The summed E-state index contributed by atoms with van der Waals surface area (Å²) < 4.78 is 7.56. The maximum Gasteiger partial charge on any atom is 0.0943 e. The summed E-state index contributed by atoms with van der Waals surface area (Å²) in [4.78, 5) is 10.2. The molecule has 0 spiro atoms. The summed E-state index contributed by atoms with van der Waals surface area (Å²) in [6.45, 7) is 8.87. The standard InChI is InChI=1S/C8H20N2O.C4H6N2.C3H4N2/c1-7(2,5-9)11-8(3,4)6-10;1-6-3-2-5-4-6;1-2-5-3-4-1/h5-6,9-10H2,1-4H3;2-4H,1H3;1-3H,(H,4,5). The Hall–Kier alpha value is -1.70. The monoisotopic (exact) mass is 310 g/mol. The van der Waals surface area contributed by atoms with Crippen LogP contribution in [0.2, 0.25) is 0 Å². The number of hydrogen-bond acceptors (Lipinski definition) is 5. The first-order valence-corrected chi connectivity index (χ1v) is 7.17. The first-order valence-electron chi connectivity index (χ1n) is 7.17. The third kappa shape index (κ3) is 11.0. The average Bonchev–Trinajstić information content (AvgIpc) is 3.14. The van der Waals surface area contributed by atoms with Gasteiger partial charge in [0.1, 0.15) is 0 Å². The molecular formula is C15H30N6O. The Balaban J connectivity index is 0.000000331. The van der Waals surface area contributed by atoms with Crippen molar-refractivity contribution in [1.82, 2.24) is 19.5 Å². The van der Waals surface area contributed by atoms with Gasteiger partial charge in [0.05, 0.1) is 23.9 Å². The van der Waals surface area contributed by atoms with Gasteiger partial charge in [-0.3, -0.25) is 0 Å². The lowest BCUT2D eigenvalue weighted by molar-refractivity contribution is -0.111. The molecule has 0 amide bonds. The van der Waals surface area contributed by atoms with Gasteiger partial charge >= 0.3 is 0 Å². The molecule has 0 bridgehead atoms. The summed E-state index contributed by atoms with van der Waals surface area (Å²) in [6, 6.07) is 0. The highest BCUT2D eigenvalue weighted by Gasteiger charge is 2.26. The van der Waals surface area contributed by atoms with Crippen LogP contribution in [-0.2, 0) is 11.8 Å². The number of rotatable bonds is 4.